The Labute approximate surface area is 226 Å². The number of rotatable bonds is 7. The maximum absolute atomic E-state index is 10.2. The molecule has 0 fully saturated rings. The molecule has 6 nitrogen and oxygen atoms in total. The third kappa shape index (κ3) is 5.07. The summed E-state index contributed by atoms with van der Waals surface area (Å²) in [4.78, 5) is 0. The molecule has 9 heteroatoms. The van der Waals surface area contributed by atoms with Gasteiger partial charge in [-0.3, -0.25) is 0 Å². The molecule has 5 rings (SSSR count). The average Bonchev–Trinajstić information content (AvgIpc) is 3.50. The van der Waals surface area contributed by atoms with Gasteiger partial charge < -0.3 is 4.42 Å². The van der Waals surface area contributed by atoms with E-state index < -0.39 is 0 Å². The second-order valence-corrected chi connectivity index (χ2v) is 9.80. The molecule has 0 bridgehead atoms. The fourth-order valence-corrected chi connectivity index (χ4v) is 4.67. The summed E-state index contributed by atoms with van der Waals surface area (Å²) < 4.78 is 8.48. The minimum absolute atomic E-state index is 0.184. The lowest BCUT2D eigenvalue weighted by molar-refractivity contribution is 0.495. The van der Waals surface area contributed by atoms with Gasteiger partial charge in [0.1, 0.15) is 11.6 Å². The van der Waals surface area contributed by atoms with Crippen molar-refractivity contribution in [1.29, 1.82) is 5.26 Å². The molecular weight excluding hydrogens is 561 g/mol. The van der Waals surface area contributed by atoms with Gasteiger partial charge in [-0.1, -0.05) is 81.6 Å². The van der Waals surface area contributed by atoms with E-state index in [1.165, 1.54) is 5.56 Å². The zero-order chi connectivity index (χ0) is 25.1. The van der Waals surface area contributed by atoms with E-state index in [0.29, 0.717) is 45.0 Å². The third-order valence-electron chi connectivity index (χ3n) is 5.62. The van der Waals surface area contributed by atoms with Crippen molar-refractivity contribution in [2.45, 2.75) is 19.3 Å². The van der Waals surface area contributed by atoms with Crippen LogP contribution in [0.4, 0.5) is 0 Å². The van der Waals surface area contributed by atoms with Crippen LogP contribution < -0.4 is 0 Å². The Hall–Kier alpha value is -3.44. The van der Waals surface area contributed by atoms with E-state index in [2.05, 4.69) is 44.3 Å². The molecule has 5 aromatic rings. The van der Waals surface area contributed by atoms with Crippen LogP contribution in [0, 0.1) is 11.3 Å². The van der Waals surface area contributed by atoms with Crippen molar-refractivity contribution in [3.63, 3.8) is 0 Å². The fourth-order valence-electron chi connectivity index (χ4n) is 3.91. The molecule has 0 saturated heterocycles. The first kappa shape index (κ1) is 24.3. The minimum Gasteiger partial charge on any atom is -0.419 e. The van der Waals surface area contributed by atoms with Gasteiger partial charge in [0.25, 0.3) is 5.89 Å². The lowest BCUT2D eigenvalue weighted by Crippen LogP contribution is -2.00. The quantitative estimate of drug-likeness (QED) is 0.197. The van der Waals surface area contributed by atoms with Crippen molar-refractivity contribution in [3.05, 3.63) is 104 Å². The van der Waals surface area contributed by atoms with Crippen molar-refractivity contribution in [3.8, 4) is 34.6 Å². The summed E-state index contributed by atoms with van der Waals surface area (Å²) in [6.07, 6.45) is 2.38. The lowest BCUT2D eigenvalue weighted by atomic mass is 10.1. The Balaban J connectivity index is 1.54. The number of halogens is 3. The van der Waals surface area contributed by atoms with Crippen molar-refractivity contribution >= 4 is 39.1 Å². The highest BCUT2D eigenvalue weighted by molar-refractivity contribution is 9.10. The highest BCUT2D eigenvalue weighted by atomic mass is 79.9. The Kier molecular flexibility index (Phi) is 7.19. The van der Waals surface area contributed by atoms with Crippen LogP contribution in [0.15, 0.2) is 81.7 Å². The summed E-state index contributed by atoms with van der Waals surface area (Å²) in [5.74, 6) is 0.678. The molecule has 0 aliphatic carbocycles. The van der Waals surface area contributed by atoms with Crippen LogP contribution in [0.3, 0.4) is 0 Å². The summed E-state index contributed by atoms with van der Waals surface area (Å²) in [7, 11) is 0. The number of aryl methyl sites for hydroxylation is 2. The minimum atomic E-state index is 0.184. The average molecular weight is 579 g/mol. The maximum atomic E-state index is 10.2. The van der Waals surface area contributed by atoms with Gasteiger partial charge in [0.15, 0.2) is 5.69 Å². The summed E-state index contributed by atoms with van der Waals surface area (Å²) in [6, 6.07) is 25.2. The van der Waals surface area contributed by atoms with Gasteiger partial charge in [-0.25, -0.2) is 4.68 Å². The molecule has 0 spiro atoms. The molecule has 2 aromatic heterocycles. The summed E-state index contributed by atoms with van der Waals surface area (Å²) in [6.45, 7) is 0. The highest BCUT2D eigenvalue weighted by Crippen LogP contribution is 2.36. The normalized spacial score (nSPS) is 10.9. The monoisotopic (exact) mass is 577 g/mol. The summed E-state index contributed by atoms with van der Waals surface area (Å²) in [5.41, 5.74) is 3.77. The van der Waals surface area contributed by atoms with Crippen LogP contribution in [0.25, 0.3) is 28.5 Å². The molecule has 0 saturated carbocycles. The van der Waals surface area contributed by atoms with Gasteiger partial charge in [-0.15, -0.1) is 10.2 Å². The number of hydrogen-bond acceptors (Lipinski definition) is 5. The van der Waals surface area contributed by atoms with Gasteiger partial charge in [0.05, 0.1) is 16.4 Å². The van der Waals surface area contributed by atoms with Crippen molar-refractivity contribution in [2.24, 2.45) is 0 Å². The van der Waals surface area contributed by atoms with E-state index in [1.807, 2.05) is 42.5 Å². The largest absolute Gasteiger partial charge is 0.419 e. The Morgan fingerprint density at radius 3 is 2.44 bits per heavy atom. The van der Waals surface area contributed by atoms with Crippen LogP contribution in [0.2, 0.25) is 10.0 Å². The van der Waals surface area contributed by atoms with Crippen LogP contribution in [-0.4, -0.2) is 20.0 Å². The zero-order valence-corrected chi connectivity index (χ0v) is 21.9. The Morgan fingerprint density at radius 1 is 0.944 bits per heavy atom. The van der Waals surface area contributed by atoms with E-state index in [-0.39, 0.29) is 5.89 Å². The van der Waals surface area contributed by atoms with E-state index in [1.54, 1.807) is 22.9 Å². The van der Waals surface area contributed by atoms with Crippen molar-refractivity contribution in [2.75, 3.05) is 0 Å². The van der Waals surface area contributed by atoms with E-state index in [4.69, 9.17) is 32.7 Å². The molecule has 36 heavy (non-hydrogen) atoms. The molecule has 2 heterocycles. The molecular formula is C27H18BrCl2N5O. The number of aromatic nitrogens is 4. The van der Waals surface area contributed by atoms with Crippen molar-refractivity contribution in [1.82, 2.24) is 20.0 Å². The van der Waals surface area contributed by atoms with E-state index in [9.17, 15) is 5.26 Å². The van der Waals surface area contributed by atoms with Gasteiger partial charge in [0, 0.05) is 21.5 Å². The summed E-state index contributed by atoms with van der Waals surface area (Å²) in [5, 5.41) is 24.2. The van der Waals surface area contributed by atoms with E-state index >= 15 is 0 Å². The molecule has 0 radical (unpaired) electrons. The first-order valence-electron chi connectivity index (χ1n) is 11.1. The Morgan fingerprint density at radius 2 is 1.72 bits per heavy atom. The van der Waals surface area contributed by atoms with Gasteiger partial charge >= 0.3 is 0 Å². The topological polar surface area (TPSA) is 80.5 Å². The van der Waals surface area contributed by atoms with Crippen LogP contribution in [0.1, 0.15) is 23.4 Å². The first-order valence-corrected chi connectivity index (χ1v) is 12.7. The number of hydrogen-bond donors (Lipinski definition) is 0. The zero-order valence-electron chi connectivity index (χ0n) is 18.8. The second kappa shape index (κ2) is 10.7. The molecule has 0 amide bonds. The molecule has 0 atom stereocenters. The SMILES string of the molecule is N#Cc1c(-c2nnc(CCCc3ccccc3)o2)nn(-c2ccc(Cl)cc2Cl)c1-c1ccc(Br)cc1. The molecule has 0 unspecified atom stereocenters. The molecule has 178 valence electrons. The smallest absolute Gasteiger partial charge is 0.269 e. The standard InChI is InChI=1S/C27H18BrCl2N5O/c28-19-11-9-18(10-12-19)26-21(16-31)25(34-35(26)23-14-13-20(29)15-22(23)30)27-33-32-24(36-27)8-4-7-17-5-2-1-3-6-17/h1-3,5-6,9-15H,4,7-8H2. The van der Waals surface area contributed by atoms with Gasteiger partial charge in [-0.05, 0) is 48.7 Å². The molecule has 0 aliphatic rings. The van der Waals surface area contributed by atoms with Gasteiger partial charge in [-0.2, -0.15) is 10.4 Å². The van der Waals surface area contributed by atoms with Crippen molar-refractivity contribution < 1.29 is 4.42 Å². The van der Waals surface area contributed by atoms with Crippen LogP contribution in [0.5, 0.6) is 0 Å². The maximum Gasteiger partial charge on any atom is 0.269 e. The predicted octanol–water partition coefficient (Wildman–Crippen LogP) is 7.71. The fraction of sp³-hybridized carbons (Fsp3) is 0.111. The second-order valence-electron chi connectivity index (χ2n) is 8.04. The predicted molar refractivity (Wildman–Crippen MR) is 143 cm³/mol. The molecule has 0 aliphatic heterocycles. The Bertz CT molecular complexity index is 1560. The number of nitriles is 1. The molecule has 0 N–H and O–H groups in total. The van der Waals surface area contributed by atoms with E-state index in [0.717, 1.165) is 22.9 Å². The van der Waals surface area contributed by atoms with Crippen LogP contribution >= 0.6 is 39.1 Å². The lowest BCUT2D eigenvalue weighted by Gasteiger charge is -2.10. The first-order chi connectivity index (χ1) is 17.5. The number of benzene rings is 3. The van der Waals surface area contributed by atoms with Gasteiger partial charge in [0.2, 0.25) is 5.89 Å². The molecule has 3 aromatic carbocycles. The number of nitrogens with zero attached hydrogens (tertiary/aromatic N) is 5. The third-order valence-corrected chi connectivity index (χ3v) is 6.69. The summed E-state index contributed by atoms with van der Waals surface area (Å²) >= 11 is 16.1. The highest BCUT2D eigenvalue weighted by Gasteiger charge is 2.26. The van der Waals surface area contributed by atoms with Crippen LogP contribution in [-0.2, 0) is 12.8 Å².